The summed E-state index contributed by atoms with van der Waals surface area (Å²) in [6, 6.07) is 18.1. The van der Waals surface area contributed by atoms with Crippen LogP contribution in [0.2, 0.25) is 0 Å². The summed E-state index contributed by atoms with van der Waals surface area (Å²) in [7, 11) is 2.00. The van der Waals surface area contributed by atoms with Crippen molar-refractivity contribution in [1.82, 2.24) is 10.2 Å². The summed E-state index contributed by atoms with van der Waals surface area (Å²) in [5.41, 5.74) is 5.89. The van der Waals surface area contributed by atoms with E-state index in [4.69, 9.17) is 0 Å². The molecule has 0 unspecified atom stereocenters. The van der Waals surface area contributed by atoms with Crippen molar-refractivity contribution in [3.8, 4) is 0 Å². The van der Waals surface area contributed by atoms with Crippen LogP contribution in [0.15, 0.2) is 48.5 Å². The molecule has 5 rings (SSSR count). The van der Waals surface area contributed by atoms with E-state index in [1.165, 1.54) is 22.3 Å². The van der Waals surface area contributed by atoms with Gasteiger partial charge in [0.15, 0.2) is 0 Å². The minimum Gasteiger partial charge on any atom is -0.355 e. The molecule has 2 aromatic rings. The van der Waals surface area contributed by atoms with E-state index in [1.54, 1.807) is 0 Å². The van der Waals surface area contributed by atoms with Gasteiger partial charge in [0, 0.05) is 24.4 Å². The molecule has 0 radical (unpaired) electrons. The highest BCUT2D eigenvalue weighted by Gasteiger charge is 2.42. The summed E-state index contributed by atoms with van der Waals surface area (Å²) >= 11 is 0. The lowest BCUT2D eigenvalue weighted by Gasteiger charge is -2.45. The second-order valence-corrected chi connectivity index (χ2v) is 8.10. The summed E-state index contributed by atoms with van der Waals surface area (Å²) in [6.45, 7) is 5.45. The van der Waals surface area contributed by atoms with Crippen LogP contribution in [0.3, 0.4) is 0 Å². The van der Waals surface area contributed by atoms with E-state index >= 15 is 0 Å². The van der Waals surface area contributed by atoms with E-state index in [2.05, 4.69) is 72.6 Å². The lowest BCUT2D eigenvalue weighted by atomic mass is 9.59. The molecular formula is C23H28N2O. The zero-order chi connectivity index (χ0) is 18.3. The molecule has 0 heterocycles. The Kier molecular flexibility index (Phi) is 4.58. The van der Waals surface area contributed by atoms with Crippen LogP contribution >= 0.6 is 0 Å². The van der Waals surface area contributed by atoms with E-state index in [1.807, 2.05) is 7.05 Å². The molecule has 3 aliphatic rings. The van der Waals surface area contributed by atoms with Crippen molar-refractivity contribution in [3.63, 3.8) is 0 Å². The van der Waals surface area contributed by atoms with Gasteiger partial charge in [-0.15, -0.1) is 0 Å². The molecule has 1 N–H and O–H groups in total. The second kappa shape index (κ2) is 6.88. The summed E-state index contributed by atoms with van der Waals surface area (Å²) in [4.78, 5) is 14.4. The fraction of sp³-hybridized carbons (Fsp3) is 0.435. The summed E-state index contributed by atoms with van der Waals surface area (Å²) in [5.74, 6) is 1.46. The fourth-order valence-electron chi connectivity index (χ4n) is 4.67. The molecule has 0 fully saturated rings. The predicted octanol–water partition coefficient (Wildman–Crippen LogP) is 3.74. The minimum atomic E-state index is 0.129. The Balaban J connectivity index is 1.54. The highest BCUT2D eigenvalue weighted by molar-refractivity contribution is 5.78. The van der Waals surface area contributed by atoms with Crippen LogP contribution < -0.4 is 5.32 Å². The average molecular weight is 348 g/mol. The zero-order valence-electron chi connectivity index (χ0n) is 15.9. The fourth-order valence-corrected chi connectivity index (χ4v) is 4.67. The SMILES string of the molecule is CC(C)N(C)CC(=O)NC[C@@H]1CC2c3ccccc3C1c1ccccc12. The van der Waals surface area contributed by atoms with Gasteiger partial charge in [0.25, 0.3) is 0 Å². The lowest BCUT2D eigenvalue weighted by Crippen LogP contribution is -2.43. The monoisotopic (exact) mass is 348 g/mol. The number of likely N-dealkylation sites (N-methyl/N-ethyl adjacent to an activating group) is 1. The van der Waals surface area contributed by atoms with Crippen LogP contribution in [0, 0.1) is 5.92 Å². The van der Waals surface area contributed by atoms with Crippen LogP contribution in [-0.2, 0) is 4.79 Å². The van der Waals surface area contributed by atoms with Crippen molar-refractivity contribution in [2.24, 2.45) is 5.92 Å². The molecule has 3 heteroatoms. The van der Waals surface area contributed by atoms with Gasteiger partial charge in [-0.25, -0.2) is 0 Å². The van der Waals surface area contributed by atoms with Gasteiger partial charge in [-0.2, -0.15) is 0 Å². The maximum Gasteiger partial charge on any atom is 0.234 e. The number of nitrogens with one attached hydrogen (secondary N) is 1. The molecule has 0 aromatic heterocycles. The van der Waals surface area contributed by atoms with Gasteiger partial charge in [-0.3, -0.25) is 9.69 Å². The number of amides is 1. The first-order valence-corrected chi connectivity index (χ1v) is 9.71. The number of hydrogen-bond donors (Lipinski definition) is 1. The molecule has 1 atom stereocenters. The highest BCUT2D eigenvalue weighted by atomic mass is 16.2. The van der Waals surface area contributed by atoms with Gasteiger partial charge >= 0.3 is 0 Å². The normalized spacial score (nSPS) is 23.0. The molecule has 0 saturated heterocycles. The van der Waals surface area contributed by atoms with Crippen molar-refractivity contribution < 1.29 is 4.79 Å². The number of fused-ring (bicyclic) bond motifs is 1. The third-order valence-corrected chi connectivity index (χ3v) is 6.26. The van der Waals surface area contributed by atoms with Gasteiger partial charge < -0.3 is 5.32 Å². The van der Waals surface area contributed by atoms with E-state index in [0.717, 1.165) is 13.0 Å². The number of hydrogen-bond acceptors (Lipinski definition) is 2. The molecule has 0 saturated carbocycles. The Hall–Kier alpha value is -2.13. The van der Waals surface area contributed by atoms with Gasteiger partial charge in [0.1, 0.15) is 0 Å². The van der Waals surface area contributed by atoms with Gasteiger partial charge in [0.05, 0.1) is 6.54 Å². The molecule has 3 nitrogen and oxygen atoms in total. The van der Waals surface area contributed by atoms with Gasteiger partial charge in [-0.1, -0.05) is 48.5 Å². The largest absolute Gasteiger partial charge is 0.355 e. The average Bonchev–Trinajstić information content (AvgIpc) is 2.66. The second-order valence-electron chi connectivity index (χ2n) is 8.10. The third-order valence-electron chi connectivity index (χ3n) is 6.26. The number of rotatable bonds is 5. The molecule has 2 aromatic carbocycles. The zero-order valence-corrected chi connectivity index (χ0v) is 15.9. The van der Waals surface area contributed by atoms with Gasteiger partial charge in [-0.05, 0) is 55.5 Å². The number of benzene rings is 2. The maximum absolute atomic E-state index is 12.3. The van der Waals surface area contributed by atoms with Crippen molar-refractivity contribution in [3.05, 3.63) is 70.8 Å². The molecule has 136 valence electrons. The molecule has 2 bridgehead atoms. The van der Waals surface area contributed by atoms with E-state index < -0.39 is 0 Å². The number of nitrogens with zero attached hydrogens (tertiary/aromatic N) is 1. The van der Waals surface area contributed by atoms with Crippen molar-refractivity contribution in [2.75, 3.05) is 20.1 Å². The van der Waals surface area contributed by atoms with Crippen molar-refractivity contribution >= 4 is 5.91 Å². The summed E-state index contributed by atoms with van der Waals surface area (Å²) in [5, 5.41) is 3.20. The molecule has 0 aliphatic heterocycles. The Morgan fingerprint density at radius 1 is 1.04 bits per heavy atom. The smallest absolute Gasteiger partial charge is 0.234 e. The first-order valence-electron chi connectivity index (χ1n) is 9.71. The quantitative estimate of drug-likeness (QED) is 0.893. The van der Waals surface area contributed by atoms with Crippen LogP contribution in [0.4, 0.5) is 0 Å². The topological polar surface area (TPSA) is 32.3 Å². The van der Waals surface area contributed by atoms with Crippen LogP contribution in [0.5, 0.6) is 0 Å². The van der Waals surface area contributed by atoms with Crippen molar-refractivity contribution in [2.45, 2.75) is 38.1 Å². The van der Waals surface area contributed by atoms with Crippen molar-refractivity contribution in [1.29, 1.82) is 0 Å². The Morgan fingerprint density at radius 2 is 1.58 bits per heavy atom. The number of carbonyl (C=O) groups excluding carboxylic acids is 1. The summed E-state index contributed by atoms with van der Waals surface area (Å²) < 4.78 is 0. The lowest BCUT2D eigenvalue weighted by molar-refractivity contribution is -0.122. The Labute approximate surface area is 156 Å². The molecule has 26 heavy (non-hydrogen) atoms. The number of carbonyl (C=O) groups is 1. The van der Waals surface area contributed by atoms with Gasteiger partial charge in [0.2, 0.25) is 5.91 Å². The Bertz CT molecular complexity index is 766. The van der Waals surface area contributed by atoms with Crippen LogP contribution in [0.1, 0.15) is 54.4 Å². The maximum atomic E-state index is 12.3. The molecule has 3 aliphatic carbocycles. The van der Waals surface area contributed by atoms with E-state index in [-0.39, 0.29) is 5.91 Å². The minimum absolute atomic E-state index is 0.129. The standard InChI is InChI=1S/C23H28N2O/c1-15(2)25(3)14-22(26)24-13-16-12-21-17-8-4-6-10-19(17)23(16)20-11-7-5-9-18(20)21/h4-11,15-16,21,23H,12-14H2,1-3H3,(H,24,26)/t16-,21?,23?/m0/s1. The van der Waals surface area contributed by atoms with Crippen LogP contribution in [0.25, 0.3) is 0 Å². The van der Waals surface area contributed by atoms with E-state index in [0.29, 0.717) is 30.3 Å². The molecule has 1 amide bonds. The first kappa shape index (κ1) is 17.3. The summed E-state index contributed by atoms with van der Waals surface area (Å²) in [6.07, 6.45) is 1.12. The first-order chi connectivity index (χ1) is 12.6. The highest BCUT2D eigenvalue weighted by Crippen LogP contribution is 2.55. The predicted molar refractivity (Wildman–Crippen MR) is 105 cm³/mol. The van der Waals surface area contributed by atoms with E-state index in [9.17, 15) is 4.79 Å². The molecular weight excluding hydrogens is 320 g/mol. The van der Waals surface area contributed by atoms with Crippen LogP contribution in [-0.4, -0.2) is 37.0 Å². The molecule has 0 spiro atoms. The third kappa shape index (κ3) is 2.95. The Morgan fingerprint density at radius 3 is 2.12 bits per heavy atom.